The highest BCUT2D eigenvalue weighted by molar-refractivity contribution is 5.92. The monoisotopic (exact) mass is 203 g/mol. The molecule has 1 amide bonds. The van der Waals surface area contributed by atoms with Crippen molar-refractivity contribution < 1.29 is 4.79 Å². The second-order valence-electron chi connectivity index (χ2n) is 3.85. The minimum atomic E-state index is 0.00255. The van der Waals surface area contributed by atoms with E-state index in [-0.39, 0.29) is 5.91 Å². The van der Waals surface area contributed by atoms with Gasteiger partial charge in [0, 0.05) is 18.7 Å². The average Bonchev–Trinajstić information content (AvgIpc) is 2.39. The number of rotatable bonds is 0. The van der Waals surface area contributed by atoms with Crippen molar-refractivity contribution in [3.63, 3.8) is 0 Å². The SMILES string of the molecule is Cc1c(C#N)c2n(c1C)CCCC(=O)N2. The Balaban J connectivity index is 2.62. The van der Waals surface area contributed by atoms with E-state index < -0.39 is 0 Å². The summed E-state index contributed by atoms with van der Waals surface area (Å²) in [6.45, 7) is 4.71. The van der Waals surface area contributed by atoms with Gasteiger partial charge in [0.05, 0.1) is 5.56 Å². The van der Waals surface area contributed by atoms with E-state index in [9.17, 15) is 4.79 Å². The fourth-order valence-corrected chi connectivity index (χ4v) is 2.00. The Morgan fingerprint density at radius 1 is 1.47 bits per heavy atom. The van der Waals surface area contributed by atoms with Gasteiger partial charge in [-0.3, -0.25) is 4.79 Å². The third-order valence-electron chi connectivity index (χ3n) is 2.98. The first-order valence-corrected chi connectivity index (χ1v) is 5.04. The summed E-state index contributed by atoms with van der Waals surface area (Å²) in [6, 6.07) is 2.16. The van der Waals surface area contributed by atoms with Gasteiger partial charge in [-0.2, -0.15) is 5.26 Å². The van der Waals surface area contributed by atoms with Crippen LogP contribution in [0.25, 0.3) is 0 Å². The molecule has 4 nitrogen and oxygen atoms in total. The van der Waals surface area contributed by atoms with Gasteiger partial charge >= 0.3 is 0 Å². The number of carbonyl (C=O) groups is 1. The zero-order valence-electron chi connectivity index (χ0n) is 8.92. The number of aromatic nitrogens is 1. The summed E-state index contributed by atoms with van der Waals surface area (Å²) in [7, 11) is 0. The molecule has 0 bridgehead atoms. The predicted molar refractivity (Wildman–Crippen MR) is 56.5 cm³/mol. The third-order valence-corrected chi connectivity index (χ3v) is 2.98. The molecule has 0 saturated carbocycles. The Bertz CT molecular complexity index is 465. The molecule has 0 aliphatic carbocycles. The molecule has 0 saturated heterocycles. The largest absolute Gasteiger partial charge is 0.330 e. The van der Waals surface area contributed by atoms with Crippen LogP contribution in [0.2, 0.25) is 0 Å². The third kappa shape index (κ3) is 1.40. The Morgan fingerprint density at radius 3 is 2.87 bits per heavy atom. The lowest BCUT2D eigenvalue weighted by molar-refractivity contribution is -0.116. The predicted octanol–water partition coefficient (Wildman–Crippen LogP) is 1.71. The summed E-state index contributed by atoms with van der Waals surface area (Å²) in [5.41, 5.74) is 2.64. The number of hydrogen-bond donors (Lipinski definition) is 1. The van der Waals surface area contributed by atoms with Gasteiger partial charge in [0.1, 0.15) is 11.9 Å². The minimum Gasteiger partial charge on any atom is -0.330 e. The molecule has 15 heavy (non-hydrogen) atoms. The van der Waals surface area contributed by atoms with Gasteiger partial charge in [-0.15, -0.1) is 0 Å². The maximum Gasteiger partial charge on any atom is 0.225 e. The zero-order chi connectivity index (χ0) is 11.0. The van der Waals surface area contributed by atoms with Crippen LogP contribution in [0.5, 0.6) is 0 Å². The molecule has 0 unspecified atom stereocenters. The van der Waals surface area contributed by atoms with Crippen molar-refractivity contribution in [1.29, 1.82) is 5.26 Å². The van der Waals surface area contributed by atoms with Gasteiger partial charge in [0.2, 0.25) is 5.91 Å². The van der Waals surface area contributed by atoms with Crippen molar-refractivity contribution in [3.05, 3.63) is 16.8 Å². The average molecular weight is 203 g/mol. The summed E-state index contributed by atoms with van der Waals surface area (Å²) in [6.07, 6.45) is 1.36. The number of fused-ring (bicyclic) bond motifs is 1. The number of amides is 1. The van der Waals surface area contributed by atoms with Crippen molar-refractivity contribution in [2.45, 2.75) is 33.2 Å². The van der Waals surface area contributed by atoms with Crippen molar-refractivity contribution in [3.8, 4) is 6.07 Å². The van der Waals surface area contributed by atoms with E-state index >= 15 is 0 Å². The lowest BCUT2D eigenvalue weighted by Gasteiger charge is -2.06. The first-order valence-electron chi connectivity index (χ1n) is 5.04. The molecular weight excluding hydrogens is 190 g/mol. The Labute approximate surface area is 88.5 Å². The van der Waals surface area contributed by atoms with Crippen molar-refractivity contribution >= 4 is 11.7 Å². The topological polar surface area (TPSA) is 57.8 Å². The Kier molecular flexibility index (Phi) is 2.24. The highest BCUT2D eigenvalue weighted by Crippen LogP contribution is 2.28. The fraction of sp³-hybridized carbons (Fsp3) is 0.455. The minimum absolute atomic E-state index is 0.00255. The Hall–Kier alpha value is -1.76. The van der Waals surface area contributed by atoms with Crippen LogP contribution < -0.4 is 5.32 Å². The smallest absolute Gasteiger partial charge is 0.225 e. The molecule has 4 heteroatoms. The number of anilines is 1. The number of hydrogen-bond acceptors (Lipinski definition) is 2. The van der Waals surface area contributed by atoms with Gasteiger partial charge in [-0.05, 0) is 25.8 Å². The first kappa shape index (κ1) is 9.78. The quantitative estimate of drug-likeness (QED) is 0.697. The maximum absolute atomic E-state index is 11.4. The highest BCUT2D eigenvalue weighted by atomic mass is 16.1. The van der Waals surface area contributed by atoms with E-state index in [4.69, 9.17) is 5.26 Å². The molecule has 1 N–H and O–H groups in total. The standard InChI is InChI=1S/C11H13N3O/c1-7-8(2)14-5-3-4-10(15)13-11(14)9(7)6-12/h3-5H2,1-2H3,(H,13,15). The van der Waals surface area contributed by atoms with Crippen LogP contribution in [-0.4, -0.2) is 10.5 Å². The van der Waals surface area contributed by atoms with Crippen LogP contribution in [0.3, 0.4) is 0 Å². The summed E-state index contributed by atoms with van der Waals surface area (Å²) < 4.78 is 2.03. The van der Waals surface area contributed by atoms with Crippen LogP contribution in [-0.2, 0) is 11.3 Å². The molecular formula is C11H13N3O. The molecule has 1 aromatic rings. The molecule has 2 rings (SSSR count). The highest BCUT2D eigenvalue weighted by Gasteiger charge is 2.21. The molecule has 0 spiro atoms. The molecule has 0 fully saturated rings. The van der Waals surface area contributed by atoms with Gasteiger partial charge in [0.15, 0.2) is 0 Å². The molecule has 2 heterocycles. The van der Waals surface area contributed by atoms with Gasteiger partial charge in [0.25, 0.3) is 0 Å². The lowest BCUT2D eigenvalue weighted by atomic mass is 10.2. The molecule has 1 aliphatic rings. The van der Waals surface area contributed by atoms with Crippen LogP contribution in [0.15, 0.2) is 0 Å². The van der Waals surface area contributed by atoms with E-state index in [1.807, 2.05) is 18.4 Å². The van der Waals surface area contributed by atoms with E-state index in [0.717, 1.165) is 24.2 Å². The van der Waals surface area contributed by atoms with Crippen molar-refractivity contribution in [1.82, 2.24) is 4.57 Å². The summed E-state index contributed by atoms with van der Waals surface area (Å²) in [5, 5.41) is 11.9. The molecule has 0 atom stereocenters. The fourth-order valence-electron chi connectivity index (χ4n) is 2.00. The number of nitrogens with one attached hydrogen (secondary N) is 1. The number of carbonyl (C=O) groups excluding carboxylic acids is 1. The lowest BCUT2D eigenvalue weighted by Crippen LogP contribution is -2.11. The molecule has 1 aliphatic heterocycles. The normalized spacial score (nSPS) is 15.1. The van der Waals surface area contributed by atoms with Gasteiger partial charge in [-0.25, -0.2) is 0 Å². The summed E-state index contributed by atoms with van der Waals surface area (Å²) in [4.78, 5) is 11.4. The maximum atomic E-state index is 11.4. The van der Waals surface area contributed by atoms with Gasteiger partial charge < -0.3 is 9.88 Å². The second-order valence-corrected chi connectivity index (χ2v) is 3.85. The molecule has 0 aromatic carbocycles. The number of nitriles is 1. The van der Waals surface area contributed by atoms with Crippen molar-refractivity contribution in [2.24, 2.45) is 0 Å². The van der Waals surface area contributed by atoms with Crippen molar-refractivity contribution in [2.75, 3.05) is 5.32 Å². The second kappa shape index (κ2) is 3.43. The Morgan fingerprint density at radius 2 is 2.20 bits per heavy atom. The van der Waals surface area contributed by atoms with Crippen LogP contribution in [0.4, 0.5) is 5.82 Å². The molecule has 78 valence electrons. The summed E-state index contributed by atoms with van der Waals surface area (Å²) in [5.74, 6) is 0.678. The van der Waals surface area contributed by atoms with E-state index in [2.05, 4.69) is 11.4 Å². The molecule has 1 aromatic heterocycles. The van der Waals surface area contributed by atoms with E-state index in [0.29, 0.717) is 17.8 Å². The molecule has 0 radical (unpaired) electrons. The van der Waals surface area contributed by atoms with Gasteiger partial charge in [-0.1, -0.05) is 0 Å². The van der Waals surface area contributed by atoms with E-state index in [1.165, 1.54) is 0 Å². The van der Waals surface area contributed by atoms with Crippen LogP contribution in [0.1, 0.15) is 29.7 Å². The number of nitrogens with zero attached hydrogens (tertiary/aromatic N) is 2. The van der Waals surface area contributed by atoms with E-state index in [1.54, 1.807) is 0 Å². The summed E-state index contributed by atoms with van der Waals surface area (Å²) >= 11 is 0. The van der Waals surface area contributed by atoms with Crippen LogP contribution in [0, 0.1) is 25.2 Å². The first-order chi connectivity index (χ1) is 7.15. The zero-order valence-corrected chi connectivity index (χ0v) is 8.92. The van der Waals surface area contributed by atoms with Crippen LogP contribution >= 0.6 is 0 Å².